The highest BCUT2D eigenvalue weighted by Crippen LogP contribution is 2.48. The highest BCUT2D eigenvalue weighted by molar-refractivity contribution is 7.48. The van der Waals surface area contributed by atoms with Gasteiger partial charge in [0.05, 0.1) is 13.2 Å². The minimum absolute atomic E-state index is 0.0364. The van der Waals surface area contributed by atoms with Crippen molar-refractivity contribution in [1.29, 1.82) is 0 Å². The van der Waals surface area contributed by atoms with Crippen LogP contribution in [0, 0.1) is 0 Å². The first-order chi connectivity index (χ1) is 7.08. The van der Waals surface area contributed by atoms with E-state index in [4.69, 9.17) is 9.05 Å². The van der Waals surface area contributed by atoms with Crippen LogP contribution < -0.4 is 0 Å². The van der Waals surface area contributed by atoms with Gasteiger partial charge < -0.3 is 4.74 Å². The van der Waals surface area contributed by atoms with Crippen molar-refractivity contribution in [2.75, 3.05) is 26.9 Å². The van der Waals surface area contributed by atoms with E-state index < -0.39 is 13.8 Å². The van der Waals surface area contributed by atoms with E-state index in [1.54, 1.807) is 6.92 Å². The van der Waals surface area contributed by atoms with Crippen molar-refractivity contribution in [1.82, 2.24) is 0 Å². The third kappa shape index (κ3) is 6.41. The Bertz CT molecular complexity index is 252. The topological polar surface area (TPSA) is 71.1 Å². The molecular formula is C8H15O6P. The maximum Gasteiger partial charge on any atom is 0.474 e. The summed E-state index contributed by atoms with van der Waals surface area (Å²) in [6, 6.07) is 0. The predicted octanol–water partition coefficient (Wildman–Crippen LogP) is 1.52. The molecule has 0 saturated heterocycles. The normalized spacial score (nSPS) is 14.3. The van der Waals surface area contributed by atoms with Crippen LogP contribution in [0.2, 0.25) is 0 Å². The maximum absolute atomic E-state index is 11.5. The molecule has 0 aromatic heterocycles. The number of phosphoric ester groups is 1. The summed E-state index contributed by atoms with van der Waals surface area (Å²) in [4.78, 5) is 10.6. The van der Waals surface area contributed by atoms with Crippen LogP contribution >= 0.6 is 7.82 Å². The van der Waals surface area contributed by atoms with Crippen molar-refractivity contribution in [3.63, 3.8) is 0 Å². The summed E-state index contributed by atoms with van der Waals surface area (Å²) in [5, 5.41) is 0. The van der Waals surface area contributed by atoms with Gasteiger partial charge in [-0.15, -0.1) is 0 Å². The number of esters is 1. The Morgan fingerprint density at radius 1 is 1.40 bits per heavy atom. The van der Waals surface area contributed by atoms with Crippen LogP contribution in [0.1, 0.15) is 6.92 Å². The number of hydrogen-bond acceptors (Lipinski definition) is 6. The summed E-state index contributed by atoms with van der Waals surface area (Å²) < 4.78 is 30.2. The van der Waals surface area contributed by atoms with Crippen molar-refractivity contribution >= 4 is 13.8 Å². The molecule has 0 aromatic rings. The van der Waals surface area contributed by atoms with Crippen LogP contribution in [-0.2, 0) is 27.7 Å². The molecule has 6 nitrogen and oxygen atoms in total. The molecule has 7 heteroatoms. The summed E-state index contributed by atoms with van der Waals surface area (Å²) in [5.41, 5.74) is 0. The molecule has 0 rings (SSSR count). The monoisotopic (exact) mass is 238 g/mol. The number of carbonyl (C=O) groups is 1. The average molecular weight is 238 g/mol. The van der Waals surface area contributed by atoms with Crippen LogP contribution in [0.25, 0.3) is 0 Å². The second-order valence-corrected chi connectivity index (χ2v) is 4.03. The van der Waals surface area contributed by atoms with Crippen molar-refractivity contribution in [3.05, 3.63) is 12.7 Å². The van der Waals surface area contributed by atoms with Gasteiger partial charge in [0.15, 0.2) is 0 Å². The van der Waals surface area contributed by atoms with Gasteiger partial charge in [-0.2, -0.15) is 0 Å². The molecule has 0 aromatic carbocycles. The molecule has 0 N–H and O–H groups in total. The Kier molecular flexibility index (Phi) is 7.25. The number of phosphoric acid groups is 1. The molecule has 0 aliphatic rings. The van der Waals surface area contributed by atoms with E-state index >= 15 is 0 Å². The largest absolute Gasteiger partial charge is 0.474 e. The minimum Gasteiger partial charge on any atom is -0.460 e. The van der Waals surface area contributed by atoms with E-state index in [0.717, 1.165) is 6.08 Å². The van der Waals surface area contributed by atoms with Crippen LogP contribution in [0.4, 0.5) is 0 Å². The first-order valence-corrected chi connectivity index (χ1v) is 5.78. The average Bonchev–Trinajstić information content (AvgIpc) is 2.24. The first-order valence-electron chi connectivity index (χ1n) is 4.32. The van der Waals surface area contributed by atoms with Gasteiger partial charge in [0.2, 0.25) is 0 Å². The summed E-state index contributed by atoms with van der Waals surface area (Å²) in [6.07, 6.45) is 1.03. The van der Waals surface area contributed by atoms with E-state index in [2.05, 4.69) is 15.8 Å². The summed E-state index contributed by atoms with van der Waals surface area (Å²) in [6.45, 7) is 4.98. The molecule has 0 saturated carbocycles. The van der Waals surface area contributed by atoms with E-state index in [1.165, 1.54) is 7.11 Å². The van der Waals surface area contributed by atoms with Gasteiger partial charge in [0.1, 0.15) is 6.61 Å². The lowest BCUT2D eigenvalue weighted by Gasteiger charge is -2.14. The van der Waals surface area contributed by atoms with Gasteiger partial charge >= 0.3 is 13.8 Å². The second kappa shape index (κ2) is 7.59. The molecule has 15 heavy (non-hydrogen) atoms. The molecule has 0 fully saturated rings. The van der Waals surface area contributed by atoms with Gasteiger partial charge in [0.25, 0.3) is 0 Å². The Morgan fingerprint density at radius 2 is 2.07 bits per heavy atom. The Morgan fingerprint density at radius 3 is 2.53 bits per heavy atom. The summed E-state index contributed by atoms with van der Waals surface area (Å²) >= 11 is 0. The SMILES string of the molecule is C=CC(=O)OCCOP(=O)(OC)OCC. The molecule has 0 amide bonds. The molecular weight excluding hydrogens is 223 g/mol. The van der Waals surface area contributed by atoms with Crippen molar-refractivity contribution in [2.45, 2.75) is 6.92 Å². The molecule has 0 bridgehead atoms. The standard InChI is InChI=1S/C8H15O6P/c1-4-8(9)12-6-7-14-15(10,11-3)13-5-2/h4H,1,5-7H2,2-3H3. The fourth-order valence-corrected chi connectivity index (χ4v) is 1.55. The zero-order valence-corrected chi connectivity index (χ0v) is 9.70. The van der Waals surface area contributed by atoms with Gasteiger partial charge in [0, 0.05) is 13.2 Å². The van der Waals surface area contributed by atoms with Crippen LogP contribution in [-0.4, -0.2) is 32.9 Å². The number of ether oxygens (including phenoxy) is 1. The van der Waals surface area contributed by atoms with Crippen molar-refractivity contribution in [3.8, 4) is 0 Å². The van der Waals surface area contributed by atoms with E-state index in [-0.39, 0.29) is 19.8 Å². The van der Waals surface area contributed by atoms with E-state index in [9.17, 15) is 9.36 Å². The molecule has 0 spiro atoms. The maximum atomic E-state index is 11.5. The van der Waals surface area contributed by atoms with Crippen LogP contribution in [0.15, 0.2) is 12.7 Å². The zero-order valence-electron chi connectivity index (χ0n) is 8.80. The second-order valence-electron chi connectivity index (χ2n) is 2.25. The molecule has 1 atom stereocenters. The summed E-state index contributed by atoms with van der Waals surface area (Å²) in [5.74, 6) is -0.567. The fraction of sp³-hybridized carbons (Fsp3) is 0.625. The van der Waals surface area contributed by atoms with Gasteiger partial charge in [-0.3, -0.25) is 13.6 Å². The predicted molar refractivity (Wildman–Crippen MR) is 53.3 cm³/mol. The Labute approximate surface area is 88.8 Å². The molecule has 1 unspecified atom stereocenters. The number of carbonyl (C=O) groups excluding carboxylic acids is 1. The highest BCUT2D eigenvalue weighted by atomic mass is 31.2. The van der Waals surface area contributed by atoms with Crippen molar-refractivity contribution < 1.29 is 27.7 Å². The van der Waals surface area contributed by atoms with Gasteiger partial charge in [-0.25, -0.2) is 9.36 Å². The third-order valence-corrected chi connectivity index (χ3v) is 2.77. The molecule has 0 aliphatic heterocycles. The van der Waals surface area contributed by atoms with E-state index in [1.807, 2.05) is 0 Å². The quantitative estimate of drug-likeness (QED) is 0.276. The minimum atomic E-state index is -3.49. The lowest BCUT2D eigenvalue weighted by Crippen LogP contribution is -2.08. The Hall–Kier alpha value is -0.680. The van der Waals surface area contributed by atoms with Gasteiger partial charge in [-0.05, 0) is 6.92 Å². The highest BCUT2D eigenvalue weighted by Gasteiger charge is 2.23. The smallest absolute Gasteiger partial charge is 0.460 e. The molecule has 0 heterocycles. The number of hydrogen-bond donors (Lipinski definition) is 0. The lowest BCUT2D eigenvalue weighted by molar-refractivity contribution is -0.138. The van der Waals surface area contributed by atoms with Gasteiger partial charge in [-0.1, -0.05) is 6.58 Å². The first kappa shape index (κ1) is 14.3. The zero-order chi connectivity index (χ0) is 11.7. The van der Waals surface area contributed by atoms with E-state index in [0.29, 0.717) is 0 Å². The van der Waals surface area contributed by atoms with Crippen LogP contribution in [0.3, 0.4) is 0 Å². The fourth-order valence-electron chi connectivity index (χ4n) is 0.651. The lowest BCUT2D eigenvalue weighted by atomic mass is 10.6. The molecule has 0 radical (unpaired) electrons. The molecule has 88 valence electrons. The summed E-state index contributed by atoms with van der Waals surface area (Å²) in [7, 11) is -2.27. The van der Waals surface area contributed by atoms with Crippen molar-refractivity contribution in [2.24, 2.45) is 0 Å². The Balaban J connectivity index is 3.77. The third-order valence-electron chi connectivity index (χ3n) is 1.25. The number of rotatable bonds is 8. The van der Waals surface area contributed by atoms with Crippen LogP contribution in [0.5, 0.6) is 0 Å². The molecule has 0 aliphatic carbocycles.